The van der Waals surface area contributed by atoms with Crippen molar-refractivity contribution in [2.45, 2.75) is 24.8 Å². The predicted molar refractivity (Wildman–Crippen MR) is 140 cm³/mol. The fraction of sp³-hybridized carbons (Fsp3) is 0.138. The summed E-state index contributed by atoms with van der Waals surface area (Å²) in [4.78, 5) is 13.3. The van der Waals surface area contributed by atoms with Crippen LogP contribution in [0.1, 0.15) is 28.3 Å². The van der Waals surface area contributed by atoms with Gasteiger partial charge in [0, 0.05) is 0 Å². The van der Waals surface area contributed by atoms with E-state index in [9.17, 15) is 17.6 Å². The largest absolute Gasteiger partial charge is 0.344 e. The summed E-state index contributed by atoms with van der Waals surface area (Å²) >= 11 is 0. The molecule has 0 aliphatic carbocycles. The van der Waals surface area contributed by atoms with Gasteiger partial charge < -0.3 is 5.32 Å². The molecule has 4 aromatic carbocycles. The van der Waals surface area contributed by atoms with Crippen molar-refractivity contribution in [1.82, 2.24) is 5.32 Å². The van der Waals surface area contributed by atoms with Gasteiger partial charge >= 0.3 is 0 Å². The molecule has 4 aromatic rings. The first-order valence-corrected chi connectivity index (χ1v) is 12.9. The molecule has 5 nitrogen and oxygen atoms in total. The van der Waals surface area contributed by atoms with Gasteiger partial charge in [0.2, 0.25) is 5.91 Å². The number of hydrogen-bond acceptors (Lipinski definition) is 3. The second-order valence-electron chi connectivity index (χ2n) is 8.62. The molecule has 0 fully saturated rings. The molecule has 0 aliphatic rings. The van der Waals surface area contributed by atoms with Crippen LogP contribution >= 0.6 is 0 Å². The predicted octanol–water partition coefficient (Wildman–Crippen LogP) is 5.54. The molecular weight excluding hydrogens is 475 g/mol. The van der Waals surface area contributed by atoms with Gasteiger partial charge in [0.05, 0.1) is 16.6 Å². The third-order valence-electron chi connectivity index (χ3n) is 5.86. The standard InChI is InChI=1S/C29H27FN2O3S/c1-21-8-12-24(13-9-21)29(23-6-4-3-5-7-23)31-28(33)20-32(26-16-10-22(2)11-17-26)36(34,35)27-18-14-25(30)15-19-27/h3-19,29H,20H2,1-2H3,(H,31,33)/t29-/m1/s1. The summed E-state index contributed by atoms with van der Waals surface area (Å²) in [6, 6.07) is 28.3. The number of nitrogens with zero attached hydrogens (tertiary/aromatic N) is 1. The van der Waals surface area contributed by atoms with Crippen LogP contribution in [0.5, 0.6) is 0 Å². The minimum atomic E-state index is -4.14. The van der Waals surface area contributed by atoms with Gasteiger partial charge in [-0.3, -0.25) is 9.10 Å². The number of carbonyl (C=O) groups excluding carboxylic acids is 1. The van der Waals surface area contributed by atoms with Gasteiger partial charge in [-0.25, -0.2) is 12.8 Å². The summed E-state index contributed by atoms with van der Waals surface area (Å²) < 4.78 is 41.6. The number of amides is 1. The molecule has 1 N–H and O–H groups in total. The van der Waals surface area contributed by atoms with Crippen LogP contribution in [0.15, 0.2) is 108 Å². The van der Waals surface area contributed by atoms with Crippen molar-refractivity contribution < 1.29 is 17.6 Å². The van der Waals surface area contributed by atoms with Crippen LogP contribution in [0.25, 0.3) is 0 Å². The molecule has 7 heteroatoms. The van der Waals surface area contributed by atoms with E-state index in [1.54, 1.807) is 24.3 Å². The SMILES string of the molecule is Cc1ccc([C@H](NC(=O)CN(c2ccc(C)cc2)S(=O)(=O)c2ccc(F)cc2)c2ccccc2)cc1. The number of carbonyl (C=O) groups is 1. The van der Waals surface area contributed by atoms with Gasteiger partial charge in [-0.1, -0.05) is 77.9 Å². The lowest BCUT2D eigenvalue weighted by Gasteiger charge is -2.26. The van der Waals surface area contributed by atoms with Crippen molar-refractivity contribution in [3.63, 3.8) is 0 Å². The summed E-state index contributed by atoms with van der Waals surface area (Å²) in [5, 5.41) is 3.01. The first kappa shape index (κ1) is 25.1. The van der Waals surface area contributed by atoms with Crippen LogP contribution in [-0.4, -0.2) is 20.9 Å². The summed E-state index contributed by atoms with van der Waals surface area (Å²) in [6.07, 6.45) is 0. The number of rotatable bonds is 8. The third-order valence-corrected chi connectivity index (χ3v) is 7.65. The average Bonchev–Trinajstić information content (AvgIpc) is 2.88. The van der Waals surface area contributed by atoms with Crippen molar-refractivity contribution in [3.05, 3.63) is 131 Å². The number of benzene rings is 4. The Labute approximate surface area is 211 Å². The lowest BCUT2D eigenvalue weighted by Crippen LogP contribution is -2.42. The highest BCUT2D eigenvalue weighted by atomic mass is 32.2. The maximum Gasteiger partial charge on any atom is 0.264 e. The number of halogens is 1. The fourth-order valence-electron chi connectivity index (χ4n) is 3.86. The highest BCUT2D eigenvalue weighted by molar-refractivity contribution is 7.92. The maximum absolute atomic E-state index is 13.6. The lowest BCUT2D eigenvalue weighted by molar-refractivity contribution is -0.120. The smallest absolute Gasteiger partial charge is 0.264 e. The van der Waals surface area contributed by atoms with Crippen molar-refractivity contribution in [2.24, 2.45) is 0 Å². The van der Waals surface area contributed by atoms with Crippen LogP contribution < -0.4 is 9.62 Å². The highest BCUT2D eigenvalue weighted by Gasteiger charge is 2.28. The molecule has 1 amide bonds. The zero-order chi connectivity index (χ0) is 25.7. The molecule has 0 saturated carbocycles. The highest BCUT2D eigenvalue weighted by Crippen LogP contribution is 2.26. The summed E-state index contributed by atoms with van der Waals surface area (Å²) in [6.45, 7) is 3.43. The van der Waals surface area contributed by atoms with Crippen molar-refractivity contribution in [2.75, 3.05) is 10.8 Å². The van der Waals surface area contributed by atoms with E-state index in [0.717, 1.165) is 38.7 Å². The Balaban J connectivity index is 1.68. The van der Waals surface area contributed by atoms with Gasteiger partial charge in [0.1, 0.15) is 12.4 Å². The Bertz CT molecular complexity index is 1420. The van der Waals surface area contributed by atoms with Gasteiger partial charge in [-0.05, 0) is 61.4 Å². The monoisotopic (exact) mass is 502 g/mol. The van der Waals surface area contributed by atoms with E-state index in [2.05, 4.69) is 5.32 Å². The molecule has 184 valence electrons. The fourth-order valence-corrected chi connectivity index (χ4v) is 5.28. The molecular formula is C29H27FN2O3S. The minimum absolute atomic E-state index is 0.101. The van der Waals surface area contributed by atoms with E-state index in [-0.39, 0.29) is 4.90 Å². The Morgan fingerprint density at radius 1 is 0.778 bits per heavy atom. The van der Waals surface area contributed by atoms with Crippen LogP contribution in [0.4, 0.5) is 10.1 Å². The Kier molecular flexibility index (Phi) is 7.50. The lowest BCUT2D eigenvalue weighted by atomic mass is 9.98. The van der Waals surface area contributed by atoms with Crippen molar-refractivity contribution in [1.29, 1.82) is 0 Å². The second kappa shape index (κ2) is 10.7. The summed E-state index contributed by atoms with van der Waals surface area (Å²) in [5.41, 5.74) is 4.13. The molecule has 4 rings (SSSR count). The Hall–Kier alpha value is -3.97. The molecule has 36 heavy (non-hydrogen) atoms. The number of aryl methyl sites for hydroxylation is 2. The first-order chi connectivity index (χ1) is 17.2. The van der Waals surface area contributed by atoms with Gasteiger partial charge in [-0.15, -0.1) is 0 Å². The third kappa shape index (κ3) is 5.80. The van der Waals surface area contributed by atoms with Gasteiger partial charge in [-0.2, -0.15) is 0 Å². The van der Waals surface area contributed by atoms with E-state index in [1.165, 1.54) is 12.1 Å². The molecule has 0 radical (unpaired) electrons. The zero-order valence-electron chi connectivity index (χ0n) is 20.1. The Morgan fingerprint density at radius 2 is 1.31 bits per heavy atom. The zero-order valence-corrected chi connectivity index (χ0v) is 20.9. The maximum atomic E-state index is 13.6. The number of anilines is 1. The molecule has 0 saturated heterocycles. The number of nitrogens with one attached hydrogen (secondary N) is 1. The van der Waals surface area contributed by atoms with E-state index >= 15 is 0 Å². The molecule has 0 unspecified atom stereocenters. The summed E-state index contributed by atoms with van der Waals surface area (Å²) in [7, 11) is -4.14. The van der Waals surface area contributed by atoms with Gasteiger partial charge in [0.25, 0.3) is 10.0 Å². The van der Waals surface area contributed by atoms with E-state index < -0.39 is 34.3 Å². The van der Waals surface area contributed by atoms with Crippen LogP contribution in [-0.2, 0) is 14.8 Å². The normalized spacial score (nSPS) is 12.1. The number of hydrogen-bond donors (Lipinski definition) is 1. The van der Waals surface area contributed by atoms with Crippen LogP contribution in [0.3, 0.4) is 0 Å². The van der Waals surface area contributed by atoms with Gasteiger partial charge in [0.15, 0.2) is 0 Å². The van der Waals surface area contributed by atoms with E-state index in [1.807, 2.05) is 68.4 Å². The van der Waals surface area contributed by atoms with Crippen molar-refractivity contribution in [3.8, 4) is 0 Å². The minimum Gasteiger partial charge on any atom is -0.344 e. The molecule has 0 aliphatic heterocycles. The van der Waals surface area contributed by atoms with E-state index in [0.29, 0.717) is 5.69 Å². The molecule has 0 heterocycles. The topological polar surface area (TPSA) is 66.5 Å². The first-order valence-electron chi connectivity index (χ1n) is 11.5. The van der Waals surface area contributed by atoms with Crippen LogP contribution in [0.2, 0.25) is 0 Å². The second-order valence-corrected chi connectivity index (χ2v) is 10.5. The molecule has 0 aromatic heterocycles. The van der Waals surface area contributed by atoms with Crippen LogP contribution in [0, 0.1) is 19.7 Å². The van der Waals surface area contributed by atoms with Crippen molar-refractivity contribution >= 4 is 21.6 Å². The molecule has 1 atom stereocenters. The quantitative estimate of drug-likeness (QED) is 0.344. The molecule has 0 spiro atoms. The molecule has 0 bridgehead atoms. The average molecular weight is 503 g/mol. The van der Waals surface area contributed by atoms with E-state index in [4.69, 9.17) is 0 Å². The Morgan fingerprint density at radius 3 is 1.89 bits per heavy atom. The summed E-state index contributed by atoms with van der Waals surface area (Å²) in [5.74, 6) is -1.02. The number of sulfonamides is 1.